The van der Waals surface area contributed by atoms with Crippen LogP contribution in [0.4, 0.5) is 0 Å². The van der Waals surface area contributed by atoms with Gasteiger partial charge < -0.3 is 11.5 Å². The lowest BCUT2D eigenvalue weighted by Crippen LogP contribution is -2.07. The Bertz CT molecular complexity index is 200. The Morgan fingerprint density at radius 3 is 1.56 bits per heavy atom. The quantitative estimate of drug-likeness (QED) is 0.444. The fourth-order valence-electron chi connectivity index (χ4n) is 0.863. The monoisotopic (exact) mass is 328 g/mol. The SMILES string of the molecule is Br.CN=C(N)SCCCCCSC(N)=NC. The summed E-state index contributed by atoms with van der Waals surface area (Å²) >= 11 is 3.24. The van der Waals surface area contributed by atoms with Crippen LogP contribution in [-0.2, 0) is 0 Å². The summed E-state index contributed by atoms with van der Waals surface area (Å²) in [5.41, 5.74) is 11.1. The number of rotatable bonds is 6. The summed E-state index contributed by atoms with van der Waals surface area (Å²) in [6, 6.07) is 0. The average Bonchev–Trinajstić information content (AvgIpc) is 2.26. The van der Waals surface area contributed by atoms with Crippen LogP contribution in [0, 0.1) is 0 Å². The largest absolute Gasteiger partial charge is 0.379 e. The summed E-state index contributed by atoms with van der Waals surface area (Å²) in [4.78, 5) is 7.76. The second kappa shape index (κ2) is 13.2. The molecule has 0 bridgehead atoms. The number of hydrogen-bond acceptors (Lipinski definition) is 4. The molecule has 0 saturated carbocycles. The molecule has 0 aromatic heterocycles. The van der Waals surface area contributed by atoms with Crippen molar-refractivity contribution in [3.63, 3.8) is 0 Å². The number of thioether (sulfide) groups is 2. The molecule has 0 radical (unpaired) electrons. The Kier molecular flexibility index (Phi) is 15.2. The van der Waals surface area contributed by atoms with Crippen LogP contribution < -0.4 is 11.5 Å². The van der Waals surface area contributed by atoms with Crippen molar-refractivity contribution in [1.82, 2.24) is 0 Å². The third-order valence-corrected chi connectivity index (χ3v) is 3.67. The van der Waals surface area contributed by atoms with Crippen LogP contribution in [0.3, 0.4) is 0 Å². The van der Waals surface area contributed by atoms with Gasteiger partial charge in [0.05, 0.1) is 0 Å². The number of amidine groups is 2. The van der Waals surface area contributed by atoms with Gasteiger partial charge in [-0.2, -0.15) is 0 Å². The van der Waals surface area contributed by atoms with Crippen molar-refractivity contribution in [2.75, 3.05) is 25.6 Å². The molecule has 0 fully saturated rings. The van der Waals surface area contributed by atoms with E-state index in [2.05, 4.69) is 9.98 Å². The van der Waals surface area contributed by atoms with Gasteiger partial charge in [-0.15, -0.1) is 17.0 Å². The molecule has 0 aliphatic carbocycles. The molecule has 0 saturated heterocycles. The normalized spacial score (nSPS) is 12.4. The second-order valence-corrected chi connectivity index (χ2v) is 5.11. The zero-order valence-corrected chi connectivity index (χ0v) is 13.2. The van der Waals surface area contributed by atoms with Gasteiger partial charge >= 0.3 is 0 Å². The third kappa shape index (κ3) is 12.2. The van der Waals surface area contributed by atoms with E-state index < -0.39 is 0 Å². The highest BCUT2D eigenvalue weighted by Crippen LogP contribution is 2.09. The summed E-state index contributed by atoms with van der Waals surface area (Å²) in [6.07, 6.45) is 3.54. The van der Waals surface area contributed by atoms with E-state index in [9.17, 15) is 0 Å². The van der Waals surface area contributed by atoms with Crippen molar-refractivity contribution >= 4 is 50.8 Å². The van der Waals surface area contributed by atoms with Crippen molar-refractivity contribution in [2.24, 2.45) is 21.5 Å². The van der Waals surface area contributed by atoms with E-state index in [0.29, 0.717) is 10.3 Å². The number of hydrogen-bond donors (Lipinski definition) is 2. The Hall–Kier alpha value is 0.120. The van der Waals surface area contributed by atoms with Gasteiger partial charge in [0.15, 0.2) is 10.3 Å². The molecule has 7 heteroatoms. The molecule has 0 spiro atoms. The first-order chi connectivity index (χ1) is 7.20. The van der Waals surface area contributed by atoms with Crippen molar-refractivity contribution in [2.45, 2.75) is 19.3 Å². The van der Waals surface area contributed by atoms with E-state index in [1.54, 1.807) is 37.6 Å². The van der Waals surface area contributed by atoms with Gasteiger partial charge in [-0.1, -0.05) is 29.9 Å². The fourth-order valence-corrected chi connectivity index (χ4v) is 2.24. The van der Waals surface area contributed by atoms with Crippen LogP contribution >= 0.6 is 40.5 Å². The molecule has 0 aliphatic heterocycles. The number of halogens is 1. The van der Waals surface area contributed by atoms with Gasteiger partial charge in [-0.3, -0.25) is 9.98 Å². The van der Waals surface area contributed by atoms with Crippen molar-refractivity contribution in [1.29, 1.82) is 0 Å². The fraction of sp³-hybridized carbons (Fsp3) is 0.778. The zero-order valence-electron chi connectivity index (χ0n) is 9.81. The van der Waals surface area contributed by atoms with Crippen LogP contribution in [0.25, 0.3) is 0 Å². The number of nitrogens with two attached hydrogens (primary N) is 2. The molecule has 16 heavy (non-hydrogen) atoms. The molecule has 0 heterocycles. The smallest absolute Gasteiger partial charge is 0.153 e. The Labute approximate surface area is 117 Å². The van der Waals surface area contributed by atoms with Crippen LogP contribution in [0.1, 0.15) is 19.3 Å². The van der Waals surface area contributed by atoms with Gasteiger partial charge in [-0.25, -0.2) is 0 Å². The predicted molar refractivity (Wildman–Crippen MR) is 84.2 cm³/mol. The summed E-state index contributed by atoms with van der Waals surface area (Å²) in [7, 11) is 3.43. The highest BCUT2D eigenvalue weighted by Gasteiger charge is 1.95. The summed E-state index contributed by atoms with van der Waals surface area (Å²) in [5, 5.41) is 1.35. The molecular weight excluding hydrogens is 308 g/mol. The van der Waals surface area contributed by atoms with Gasteiger partial charge in [-0.05, 0) is 12.8 Å². The van der Waals surface area contributed by atoms with Gasteiger partial charge in [0, 0.05) is 25.6 Å². The van der Waals surface area contributed by atoms with E-state index in [1.807, 2.05) is 0 Å². The van der Waals surface area contributed by atoms with Crippen LogP contribution in [0.2, 0.25) is 0 Å². The minimum Gasteiger partial charge on any atom is -0.379 e. The highest BCUT2D eigenvalue weighted by molar-refractivity contribution is 8.93. The topological polar surface area (TPSA) is 76.8 Å². The summed E-state index contributed by atoms with van der Waals surface area (Å²) in [5.74, 6) is 2.09. The molecule has 0 unspecified atom stereocenters. The molecule has 4 nitrogen and oxygen atoms in total. The summed E-state index contributed by atoms with van der Waals surface area (Å²) < 4.78 is 0. The molecule has 96 valence electrons. The first-order valence-electron chi connectivity index (χ1n) is 4.90. The predicted octanol–water partition coefficient (Wildman–Crippen LogP) is 2.09. The van der Waals surface area contributed by atoms with Crippen LogP contribution in [0.15, 0.2) is 9.98 Å². The van der Waals surface area contributed by atoms with Gasteiger partial charge in [0.1, 0.15) is 0 Å². The molecular formula is C9H21BrN4S2. The maximum absolute atomic E-state index is 5.55. The van der Waals surface area contributed by atoms with E-state index in [4.69, 9.17) is 11.5 Å². The maximum Gasteiger partial charge on any atom is 0.153 e. The lowest BCUT2D eigenvalue weighted by Gasteiger charge is -2.01. The number of aliphatic imine (C=N–C) groups is 2. The average molecular weight is 329 g/mol. The minimum atomic E-state index is 0. The van der Waals surface area contributed by atoms with Crippen molar-refractivity contribution < 1.29 is 0 Å². The minimum absolute atomic E-state index is 0. The Balaban J connectivity index is 0. The van der Waals surface area contributed by atoms with E-state index in [-0.39, 0.29) is 17.0 Å². The Morgan fingerprint density at radius 1 is 0.875 bits per heavy atom. The zero-order chi connectivity index (χ0) is 11.5. The van der Waals surface area contributed by atoms with Crippen LogP contribution in [0.5, 0.6) is 0 Å². The molecule has 0 rings (SSSR count). The lowest BCUT2D eigenvalue weighted by atomic mass is 10.3. The van der Waals surface area contributed by atoms with Crippen molar-refractivity contribution in [3.8, 4) is 0 Å². The molecule has 0 aromatic rings. The third-order valence-electron chi connectivity index (χ3n) is 1.73. The van der Waals surface area contributed by atoms with E-state index in [1.165, 1.54) is 19.3 Å². The number of nitrogens with zero attached hydrogens (tertiary/aromatic N) is 2. The first-order valence-corrected chi connectivity index (χ1v) is 6.88. The first kappa shape index (κ1) is 18.5. The second-order valence-electron chi connectivity index (χ2n) is 2.88. The standard InChI is InChI=1S/C9H20N4S2.BrH/c1-12-8(10)14-6-4-3-5-7-15-9(11)13-2;/h3-7H2,1-2H3,(H2,10,12)(H2,11,13);1H. The van der Waals surface area contributed by atoms with E-state index in [0.717, 1.165) is 11.5 Å². The maximum atomic E-state index is 5.55. The molecule has 0 atom stereocenters. The number of unbranched alkanes of at least 4 members (excludes halogenated alkanes) is 2. The highest BCUT2D eigenvalue weighted by atomic mass is 79.9. The molecule has 0 aliphatic rings. The van der Waals surface area contributed by atoms with E-state index >= 15 is 0 Å². The molecule has 0 aromatic carbocycles. The van der Waals surface area contributed by atoms with Gasteiger partial charge in [0.25, 0.3) is 0 Å². The summed E-state index contributed by atoms with van der Waals surface area (Å²) in [6.45, 7) is 0. The van der Waals surface area contributed by atoms with Crippen LogP contribution in [-0.4, -0.2) is 35.9 Å². The Morgan fingerprint density at radius 2 is 1.25 bits per heavy atom. The van der Waals surface area contributed by atoms with Crippen molar-refractivity contribution in [3.05, 3.63) is 0 Å². The molecule has 0 amide bonds. The lowest BCUT2D eigenvalue weighted by molar-refractivity contribution is 0.787. The molecule has 4 N–H and O–H groups in total. The van der Waals surface area contributed by atoms with Gasteiger partial charge in [0.2, 0.25) is 0 Å².